The Morgan fingerprint density at radius 1 is 0.971 bits per heavy atom. The Bertz CT molecular complexity index is 1340. The molecule has 0 bridgehead atoms. The molecule has 1 heterocycles. The van der Waals surface area contributed by atoms with Gasteiger partial charge in [0.25, 0.3) is 11.6 Å². The third kappa shape index (κ3) is 6.26. The van der Waals surface area contributed by atoms with E-state index in [0.717, 1.165) is 12.0 Å². The summed E-state index contributed by atoms with van der Waals surface area (Å²) in [5, 5.41) is 14.0. The molecule has 35 heavy (non-hydrogen) atoms. The van der Waals surface area contributed by atoms with Gasteiger partial charge < -0.3 is 19.2 Å². The molecular weight excluding hydrogens is 448 g/mol. The van der Waals surface area contributed by atoms with Crippen LogP contribution in [-0.2, 0) is 13.0 Å². The van der Waals surface area contributed by atoms with Crippen molar-refractivity contribution in [1.29, 1.82) is 0 Å². The van der Waals surface area contributed by atoms with Gasteiger partial charge in [-0.15, -0.1) is 0 Å². The van der Waals surface area contributed by atoms with Crippen molar-refractivity contribution in [2.24, 2.45) is 0 Å². The summed E-state index contributed by atoms with van der Waals surface area (Å²) in [5.74, 6) is 1.42. The standard InChI is InChI=1S/C27H24N2O6/c1-3-19-7-9-22(10-8-19)33-17-24-11-12-26(35-24)27(30)28-20-14-21(29(31)32)16-25(15-20)34-23-6-4-5-18(2)13-23/h4-16H,3,17H2,1-2H3,(H,28,30). The Labute approximate surface area is 202 Å². The van der Waals surface area contributed by atoms with E-state index in [4.69, 9.17) is 13.9 Å². The zero-order valence-corrected chi connectivity index (χ0v) is 19.3. The van der Waals surface area contributed by atoms with Gasteiger partial charge in [-0.25, -0.2) is 0 Å². The summed E-state index contributed by atoms with van der Waals surface area (Å²) in [6.45, 7) is 4.15. The van der Waals surface area contributed by atoms with Crippen molar-refractivity contribution in [1.82, 2.24) is 0 Å². The zero-order chi connectivity index (χ0) is 24.8. The number of carbonyl (C=O) groups is 1. The first kappa shape index (κ1) is 23.6. The molecule has 8 nitrogen and oxygen atoms in total. The number of nitro groups is 1. The number of anilines is 1. The van der Waals surface area contributed by atoms with Gasteiger partial charge in [0.1, 0.15) is 29.6 Å². The molecule has 0 aliphatic heterocycles. The third-order valence-electron chi connectivity index (χ3n) is 5.18. The SMILES string of the molecule is CCc1ccc(OCc2ccc(C(=O)Nc3cc(Oc4cccc(C)c4)cc([N+](=O)[O-])c3)o2)cc1. The first-order valence-electron chi connectivity index (χ1n) is 11.1. The normalized spacial score (nSPS) is 10.6. The number of hydrogen-bond donors (Lipinski definition) is 1. The van der Waals surface area contributed by atoms with Gasteiger partial charge in [0, 0.05) is 12.1 Å². The average molecular weight is 472 g/mol. The Kier molecular flexibility index (Phi) is 7.11. The number of non-ortho nitro benzene ring substituents is 1. The van der Waals surface area contributed by atoms with Crippen molar-refractivity contribution in [2.75, 3.05) is 5.32 Å². The lowest BCUT2D eigenvalue weighted by Gasteiger charge is -2.09. The number of hydrogen-bond acceptors (Lipinski definition) is 6. The molecule has 1 amide bonds. The van der Waals surface area contributed by atoms with E-state index in [1.807, 2.05) is 49.4 Å². The minimum Gasteiger partial charge on any atom is -0.486 e. The minimum atomic E-state index is -0.550. The number of aryl methyl sites for hydroxylation is 2. The lowest BCUT2D eigenvalue weighted by atomic mass is 10.2. The predicted octanol–water partition coefficient (Wildman–Crippen LogP) is 6.68. The van der Waals surface area contributed by atoms with Crippen molar-refractivity contribution >= 4 is 17.3 Å². The van der Waals surface area contributed by atoms with Crippen LogP contribution in [0.25, 0.3) is 0 Å². The molecule has 0 radical (unpaired) electrons. The summed E-state index contributed by atoms with van der Waals surface area (Å²) in [4.78, 5) is 23.6. The topological polar surface area (TPSA) is 104 Å². The molecule has 178 valence electrons. The van der Waals surface area contributed by atoms with E-state index in [1.165, 1.54) is 29.8 Å². The number of rotatable bonds is 9. The van der Waals surface area contributed by atoms with Crippen molar-refractivity contribution in [3.8, 4) is 17.2 Å². The molecular formula is C27H24N2O6. The fourth-order valence-electron chi connectivity index (χ4n) is 3.38. The Morgan fingerprint density at radius 2 is 1.77 bits per heavy atom. The molecule has 1 N–H and O–H groups in total. The van der Waals surface area contributed by atoms with Crippen LogP contribution in [0, 0.1) is 17.0 Å². The fourth-order valence-corrected chi connectivity index (χ4v) is 3.38. The van der Waals surface area contributed by atoms with Crippen LogP contribution in [0.1, 0.15) is 34.4 Å². The highest BCUT2D eigenvalue weighted by molar-refractivity contribution is 6.02. The largest absolute Gasteiger partial charge is 0.486 e. The van der Waals surface area contributed by atoms with Crippen molar-refractivity contribution in [2.45, 2.75) is 26.9 Å². The number of ether oxygens (including phenoxy) is 2. The van der Waals surface area contributed by atoms with Crippen LogP contribution in [0.2, 0.25) is 0 Å². The molecule has 0 saturated heterocycles. The predicted molar refractivity (Wildman–Crippen MR) is 131 cm³/mol. The monoisotopic (exact) mass is 472 g/mol. The molecule has 8 heteroatoms. The summed E-state index contributed by atoms with van der Waals surface area (Å²) in [6.07, 6.45) is 0.945. The maximum Gasteiger partial charge on any atom is 0.291 e. The van der Waals surface area contributed by atoms with E-state index in [1.54, 1.807) is 12.1 Å². The summed E-state index contributed by atoms with van der Waals surface area (Å²) in [7, 11) is 0. The van der Waals surface area contributed by atoms with Crippen molar-refractivity contribution in [3.63, 3.8) is 0 Å². The summed E-state index contributed by atoms with van der Waals surface area (Å²) in [6, 6.07) is 22.3. The van der Waals surface area contributed by atoms with Crippen molar-refractivity contribution < 1.29 is 23.6 Å². The van der Waals surface area contributed by atoms with Gasteiger partial charge in [0.05, 0.1) is 16.7 Å². The van der Waals surface area contributed by atoms with Crippen LogP contribution < -0.4 is 14.8 Å². The Hall–Kier alpha value is -4.59. The van der Waals surface area contributed by atoms with Crippen molar-refractivity contribution in [3.05, 3.63) is 112 Å². The van der Waals surface area contributed by atoms with E-state index < -0.39 is 10.8 Å². The molecule has 0 aliphatic carbocycles. The number of nitrogens with zero attached hydrogens (tertiary/aromatic N) is 1. The third-order valence-corrected chi connectivity index (χ3v) is 5.18. The number of nitrogens with one attached hydrogen (secondary N) is 1. The number of nitro benzene ring substituents is 1. The smallest absolute Gasteiger partial charge is 0.291 e. The number of furan rings is 1. The van der Waals surface area contributed by atoms with Crippen LogP contribution in [0.5, 0.6) is 17.2 Å². The second kappa shape index (κ2) is 10.6. The van der Waals surface area contributed by atoms with Crippen LogP contribution >= 0.6 is 0 Å². The van der Waals surface area contributed by atoms with Gasteiger partial charge in [0.2, 0.25) is 0 Å². The average Bonchev–Trinajstić information content (AvgIpc) is 3.32. The number of benzene rings is 3. The van der Waals surface area contributed by atoms with Gasteiger partial charge in [0.15, 0.2) is 5.76 Å². The van der Waals surface area contributed by atoms with Gasteiger partial charge in [-0.05, 0) is 60.9 Å². The molecule has 0 aliphatic rings. The van der Waals surface area contributed by atoms with E-state index >= 15 is 0 Å². The highest BCUT2D eigenvalue weighted by atomic mass is 16.6. The second-order valence-corrected chi connectivity index (χ2v) is 7.90. The zero-order valence-electron chi connectivity index (χ0n) is 19.3. The van der Waals surface area contributed by atoms with Crippen LogP contribution in [0.3, 0.4) is 0 Å². The first-order chi connectivity index (χ1) is 16.9. The maximum absolute atomic E-state index is 12.7. The molecule has 3 aromatic carbocycles. The fraction of sp³-hybridized carbons (Fsp3) is 0.148. The lowest BCUT2D eigenvalue weighted by Crippen LogP contribution is -2.11. The summed E-state index contributed by atoms with van der Waals surface area (Å²) >= 11 is 0. The van der Waals surface area contributed by atoms with Gasteiger partial charge >= 0.3 is 0 Å². The van der Waals surface area contributed by atoms with Crippen LogP contribution in [0.15, 0.2) is 83.3 Å². The lowest BCUT2D eigenvalue weighted by molar-refractivity contribution is -0.384. The van der Waals surface area contributed by atoms with Gasteiger partial charge in [-0.2, -0.15) is 0 Å². The van der Waals surface area contributed by atoms with Crippen LogP contribution in [-0.4, -0.2) is 10.8 Å². The first-order valence-corrected chi connectivity index (χ1v) is 11.1. The Morgan fingerprint density at radius 3 is 2.49 bits per heavy atom. The second-order valence-electron chi connectivity index (χ2n) is 7.90. The molecule has 4 rings (SSSR count). The molecule has 0 fully saturated rings. The summed E-state index contributed by atoms with van der Waals surface area (Å²) < 4.78 is 17.1. The van der Waals surface area contributed by atoms with Gasteiger partial charge in [-0.1, -0.05) is 31.2 Å². The summed E-state index contributed by atoms with van der Waals surface area (Å²) in [5.41, 5.74) is 2.19. The molecule has 0 atom stereocenters. The Balaban J connectivity index is 1.44. The number of amides is 1. The van der Waals surface area contributed by atoms with E-state index in [-0.39, 0.29) is 29.5 Å². The number of carbonyl (C=O) groups excluding carboxylic acids is 1. The van der Waals surface area contributed by atoms with E-state index in [2.05, 4.69) is 12.2 Å². The maximum atomic E-state index is 12.7. The van der Waals surface area contributed by atoms with Gasteiger partial charge in [-0.3, -0.25) is 14.9 Å². The molecule has 1 aromatic heterocycles. The molecule has 0 unspecified atom stereocenters. The van der Waals surface area contributed by atoms with E-state index in [9.17, 15) is 14.9 Å². The quantitative estimate of drug-likeness (QED) is 0.215. The highest BCUT2D eigenvalue weighted by Crippen LogP contribution is 2.30. The highest BCUT2D eigenvalue weighted by Gasteiger charge is 2.16. The molecule has 4 aromatic rings. The van der Waals surface area contributed by atoms with E-state index in [0.29, 0.717) is 17.3 Å². The van der Waals surface area contributed by atoms with Crippen LogP contribution in [0.4, 0.5) is 11.4 Å². The molecule has 0 spiro atoms. The molecule has 0 saturated carbocycles. The minimum absolute atomic E-state index is 0.0533.